The highest BCUT2D eigenvalue weighted by molar-refractivity contribution is 5.75. The van der Waals surface area contributed by atoms with E-state index in [1.54, 1.807) is 4.90 Å². The quantitative estimate of drug-likeness (QED) is 0.774. The lowest BCUT2D eigenvalue weighted by atomic mass is 9.89. The van der Waals surface area contributed by atoms with Crippen LogP contribution in [0.1, 0.15) is 39.0 Å². The van der Waals surface area contributed by atoms with E-state index in [1.165, 1.54) is 0 Å². The zero-order valence-corrected chi connectivity index (χ0v) is 12.0. The molecule has 0 radical (unpaired) electrons. The molecular weight excluding hydrogens is 260 g/mol. The van der Waals surface area contributed by atoms with Gasteiger partial charge >= 0.3 is 12.0 Å². The van der Waals surface area contributed by atoms with Gasteiger partial charge in [-0.05, 0) is 38.5 Å². The summed E-state index contributed by atoms with van der Waals surface area (Å²) in [5.74, 6) is -0.432. The zero-order chi connectivity index (χ0) is 14.5. The van der Waals surface area contributed by atoms with Crippen LogP contribution >= 0.6 is 0 Å². The second-order valence-corrected chi connectivity index (χ2v) is 5.73. The van der Waals surface area contributed by atoms with Crippen LogP contribution in [0.2, 0.25) is 0 Å². The molecular formula is C14H24N2O4. The number of carboxylic acid groups (broad SMARTS) is 1. The first-order valence-corrected chi connectivity index (χ1v) is 7.47. The molecule has 6 nitrogen and oxygen atoms in total. The molecule has 1 aliphatic heterocycles. The van der Waals surface area contributed by atoms with Crippen molar-refractivity contribution in [1.82, 2.24) is 10.2 Å². The van der Waals surface area contributed by atoms with Crippen LogP contribution in [-0.2, 0) is 9.53 Å². The monoisotopic (exact) mass is 284 g/mol. The van der Waals surface area contributed by atoms with Crippen molar-refractivity contribution in [2.75, 3.05) is 19.7 Å². The van der Waals surface area contributed by atoms with Crippen molar-refractivity contribution in [3.05, 3.63) is 0 Å². The van der Waals surface area contributed by atoms with Gasteiger partial charge in [-0.3, -0.25) is 4.79 Å². The van der Waals surface area contributed by atoms with Gasteiger partial charge in [-0.15, -0.1) is 0 Å². The molecule has 2 fully saturated rings. The number of carbonyl (C=O) groups is 2. The highest BCUT2D eigenvalue weighted by atomic mass is 16.5. The van der Waals surface area contributed by atoms with E-state index in [0.29, 0.717) is 25.0 Å². The van der Waals surface area contributed by atoms with Crippen molar-refractivity contribution in [3.63, 3.8) is 0 Å². The Morgan fingerprint density at radius 3 is 2.80 bits per heavy atom. The molecule has 0 spiro atoms. The Hall–Kier alpha value is -1.30. The van der Waals surface area contributed by atoms with Crippen LogP contribution in [0.5, 0.6) is 0 Å². The minimum atomic E-state index is -0.760. The molecule has 0 aromatic heterocycles. The fourth-order valence-electron chi connectivity index (χ4n) is 2.90. The van der Waals surface area contributed by atoms with Gasteiger partial charge in [0.25, 0.3) is 0 Å². The first-order chi connectivity index (χ1) is 9.58. The zero-order valence-electron chi connectivity index (χ0n) is 12.0. The van der Waals surface area contributed by atoms with Crippen LogP contribution in [0, 0.1) is 5.92 Å². The minimum absolute atomic E-state index is 0.0113. The van der Waals surface area contributed by atoms with Gasteiger partial charge < -0.3 is 20.1 Å². The van der Waals surface area contributed by atoms with Crippen LogP contribution in [-0.4, -0.2) is 53.8 Å². The molecule has 2 rings (SSSR count). The third kappa shape index (κ3) is 4.10. The number of likely N-dealkylation sites (tertiary alicyclic amines) is 1. The molecule has 1 heterocycles. The van der Waals surface area contributed by atoms with Gasteiger partial charge in [0.2, 0.25) is 0 Å². The highest BCUT2D eigenvalue weighted by Crippen LogP contribution is 2.25. The predicted molar refractivity (Wildman–Crippen MR) is 73.5 cm³/mol. The van der Waals surface area contributed by atoms with Crippen LogP contribution in [0.4, 0.5) is 4.79 Å². The summed E-state index contributed by atoms with van der Waals surface area (Å²) in [4.78, 5) is 24.4. The molecule has 20 heavy (non-hydrogen) atoms. The van der Waals surface area contributed by atoms with Crippen LogP contribution < -0.4 is 5.32 Å². The molecule has 2 amide bonds. The van der Waals surface area contributed by atoms with Crippen LogP contribution in [0.15, 0.2) is 0 Å². The Kier molecular flexibility index (Phi) is 5.23. The molecule has 1 unspecified atom stereocenters. The maximum absolute atomic E-state index is 12.1. The van der Waals surface area contributed by atoms with E-state index in [-0.39, 0.29) is 18.5 Å². The lowest BCUT2D eigenvalue weighted by molar-refractivity contribution is -0.137. The van der Waals surface area contributed by atoms with E-state index >= 15 is 0 Å². The largest absolute Gasteiger partial charge is 0.481 e. The fraction of sp³-hybridized carbons (Fsp3) is 0.857. The lowest BCUT2D eigenvalue weighted by Crippen LogP contribution is -2.51. The number of rotatable bonds is 6. The van der Waals surface area contributed by atoms with Crippen molar-refractivity contribution in [2.24, 2.45) is 5.92 Å². The van der Waals surface area contributed by atoms with E-state index in [9.17, 15) is 9.59 Å². The molecule has 1 saturated heterocycles. The number of hydrogen-bond acceptors (Lipinski definition) is 3. The molecule has 1 aliphatic carbocycles. The molecule has 0 aromatic carbocycles. The summed E-state index contributed by atoms with van der Waals surface area (Å²) >= 11 is 0. The molecule has 0 aromatic rings. The Morgan fingerprint density at radius 2 is 2.15 bits per heavy atom. The minimum Gasteiger partial charge on any atom is -0.481 e. The van der Waals surface area contributed by atoms with Crippen molar-refractivity contribution in [3.8, 4) is 0 Å². The second-order valence-electron chi connectivity index (χ2n) is 5.73. The van der Waals surface area contributed by atoms with E-state index in [4.69, 9.17) is 9.84 Å². The standard InChI is InChI=1S/C14H24N2O4/c1-2-20-12-7-11(8-12)15-14(19)16-6-5-10(9-16)3-4-13(17)18/h10-12H,2-9H2,1H3,(H,15,19)(H,17,18). The highest BCUT2D eigenvalue weighted by Gasteiger charge is 2.33. The number of ether oxygens (including phenoxy) is 1. The molecule has 0 bridgehead atoms. The Morgan fingerprint density at radius 1 is 1.40 bits per heavy atom. The summed E-state index contributed by atoms with van der Waals surface area (Å²) in [5.41, 5.74) is 0. The number of carbonyl (C=O) groups excluding carboxylic acids is 1. The Labute approximate surface area is 119 Å². The smallest absolute Gasteiger partial charge is 0.317 e. The van der Waals surface area contributed by atoms with Gasteiger partial charge in [-0.25, -0.2) is 4.79 Å². The van der Waals surface area contributed by atoms with Crippen molar-refractivity contribution in [2.45, 2.75) is 51.2 Å². The number of amides is 2. The van der Waals surface area contributed by atoms with E-state index in [0.717, 1.165) is 32.4 Å². The number of nitrogens with one attached hydrogen (secondary N) is 1. The molecule has 2 aliphatic rings. The lowest BCUT2D eigenvalue weighted by Gasteiger charge is -2.36. The maximum atomic E-state index is 12.1. The Bertz CT molecular complexity index is 355. The van der Waals surface area contributed by atoms with E-state index in [1.807, 2.05) is 6.92 Å². The number of urea groups is 1. The van der Waals surface area contributed by atoms with Gasteiger partial charge in [-0.2, -0.15) is 0 Å². The summed E-state index contributed by atoms with van der Waals surface area (Å²) in [7, 11) is 0. The second kappa shape index (κ2) is 6.92. The van der Waals surface area contributed by atoms with E-state index < -0.39 is 5.97 Å². The maximum Gasteiger partial charge on any atom is 0.317 e. The first-order valence-electron chi connectivity index (χ1n) is 7.47. The first kappa shape index (κ1) is 15.1. The predicted octanol–water partition coefficient (Wildman–Crippen LogP) is 1.45. The molecule has 1 saturated carbocycles. The third-order valence-electron chi connectivity index (χ3n) is 4.16. The van der Waals surface area contributed by atoms with Crippen molar-refractivity contribution in [1.29, 1.82) is 0 Å². The van der Waals surface area contributed by atoms with Gasteiger partial charge in [0.1, 0.15) is 0 Å². The number of carboxylic acids is 1. The summed E-state index contributed by atoms with van der Waals surface area (Å²) in [6.45, 7) is 4.12. The van der Waals surface area contributed by atoms with Gasteiger partial charge in [0, 0.05) is 32.2 Å². The number of hydrogen-bond donors (Lipinski definition) is 2. The van der Waals surface area contributed by atoms with Crippen molar-refractivity contribution < 1.29 is 19.4 Å². The summed E-state index contributed by atoms with van der Waals surface area (Å²) in [6.07, 6.45) is 3.86. The number of aliphatic carboxylic acids is 1. The molecule has 1 atom stereocenters. The molecule has 2 N–H and O–H groups in total. The van der Waals surface area contributed by atoms with Gasteiger partial charge in [-0.1, -0.05) is 0 Å². The van der Waals surface area contributed by atoms with Gasteiger partial charge in [0.15, 0.2) is 0 Å². The van der Waals surface area contributed by atoms with Crippen LogP contribution in [0.25, 0.3) is 0 Å². The third-order valence-corrected chi connectivity index (χ3v) is 4.16. The van der Waals surface area contributed by atoms with E-state index in [2.05, 4.69) is 5.32 Å². The van der Waals surface area contributed by atoms with Crippen LogP contribution in [0.3, 0.4) is 0 Å². The molecule has 6 heteroatoms. The van der Waals surface area contributed by atoms with Gasteiger partial charge in [0.05, 0.1) is 6.10 Å². The Balaban J connectivity index is 1.63. The normalized spacial score (nSPS) is 29.1. The summed E-state index contributed by atoms with van der Waals surface area (Å²) in [5, 5.41) is 11.7. The summed E-state index contributed by atoms with van der Waals surface area (Å²) in [6, 6.07) is 0.222. The number of nitrogens with zero attached hydrogens (tertiary/aromatic N) is 1. The topological polar surface area (TPSA) is 78.9 Å². The summed E-state index contributed by atoms with van der Waals surface area (Å²) < 4.78 is 5.47. The fourth-order valence-corrected chi connectivity index (χ4v) is 2.90. The molecule has 114 valence electrons. The average molecular weight is 284 g/mol. The average Bonchev–Trinajstić information content (AvgIpc) is 2.82. The van der Waals surface area contributed by atoms with Crippen molar-refractivity contribution >= 4 is 12.0 Å². The SMILES string of the molecule is CCOC1CC(NC(=O)N2CCC(CCC(=O)O)C2)C1.